The number of benzene rings is 7. The standard InChI is InChI=1S/C48H33N3/c1-32-25-42(45-17-7-12-35-10-4-5-16-44(35)45)29-43(26-32)47-30-46(36-21-18-34(19-22-36)41-15-8-24-49-31-41)50-48(51-47)40-14-6-13-38(28-40)39-23-20-33-9-2-3-11-37(33)27-39/h2-31H,1H3. The van der Waals surface area contributed by atoms with Gasteiger partial charge in [0.25, 0.3) is 0 Å². The van der Waals surface area contributed by atoms with Gasteiger partial charge in [0.15, 0.2) is 5.82 Å². The Morgan fingerprint density at radius 2 is 1.00 bits per heavy atom. The molecule has 0 amide bonds. The highest BCUT2D eigenvalue weighted by molar-refractivity contribution is 5.97. The van der Waals surface area contributed by atoms with Gasteiger partial charge in [-0.2, -0.15) is 0 Å². The van der Waals surface area contributed by atoms with Gasteiger partial charge in [0.2, 0.25) is 0 Å². The van der Waals surface area contributed by atoms with Crippen LogP contribution in [0, 0.1) is 6.92 Å². The van der Waals surface area contributed by atoms with Gasteiger partial charge in [-0.1, -0.05) is 133 Å². The van der Waals surface area contributed by atoms with E-state index in [1.165, 1.54) is 38.2 Å². The highest BCUT2D eigenvalue weighted by Crippen LogP contribution is 2.35. The Hall–Kier alpha value is -6.71. The molecule has 0 spiro atoms. The third kappa shape index (κ3) is 6.07. The average molecular weight is 652 g/mol. The molecule has 0 saturated heterocycles. The summed E-state index contributed by atoms with van der Waals surface area (Å²) >= 11 is 0. The van der Waals surface area contributed by atoms with Crippen LogP contribution in [0.1, 0.15) is 5.56 Å². The van der Waals surface area contributed by atoms with Gasteiger partial charge in [-0.3, -0.25) is 4.98 Å². The lowest BCUT2D eigenvalue weighted by atomic mass is 9.94. The minimum atomic E-state index is 0.690. The Balaban J connectivity index is 1.19. The van der Waals surface area contributed by atoms with Crippen molar-refractivity contribution in [1.29, 1.82) is 0 Å². The zero-order chi connectivity index (χ0) is 34.1. The number of rotatable bonds is 6. The smallest absolute Gasteiger partial charge is 0.160 e. The van der Waals surface area contributed by atoms with Crippen LogP contribution >= 0.6 is 0 Å². The van der Waals surface area contributed by atoms with E-state index >= 15 is 0 Å². The summed E-state index contributed by atoms with van der Waals surface area (Å²) in [6.07, 6.45) is 3.69. The van der Waals surface area contributed by atoms with Crippen LogP contribution in [-0.2, 0) is 0 Å². The summed E-state index contributed by atoms with van der Waals surface area (Å²) in [5, 5.41) is 4.91. The minimum absolute atomic E-state index is 0.690. The summed E-state index contributed by atoms with van der Waals surface area (Å²) in [5.74, 6) is 0.690. The predicted molar refractivity (Wildman–Crippen MR) is 212 cm³/mol. The highest BCUT2D eigenvalue weighted by atomic mass is 14.9. The summed E-state index contributed by atoms with van der Waals surface area (Å²) in [7, 11) is 0. The Morgan fingerprint density at radius 1 is 0.373 bits per heavy atom. The molecule has 240 valence electrons. The van der Waals surface area contributed by atoms with Crippen LogP contribution in [0.15, 0.2) is 182 Å². The molecule has 9 rings (SSSR count). The summed E-state index contributed by atoms with van der Waals surface area (Å²) in [4.78, 5) is 14.8. The second-order valence-electron chi connectivity index (χ2n) is 13.0. The molecular weight excluding hydrogens is 619 g/mol. The Morgan fingerprint density at radius 3 is 1.84 bits per heavy atom. The predicted octanol–water partition coefficient (Wildman–Crippen LogP) is 12.5. The molecule has 51 heavy (non-hydrogen) atoms. The molecule has 0 aliphatic carbocycles. The van der Waals surface area contributed by atoms with Crippen molar-refractivity contribution in [2.24, 2.45) is 0 Å². The molecule has 0 saturated carbocycles. The van der Waals surface area contributed by atoms with Gasteiger partial charge < -0.3 is 0 Å². The quantitative estimate of drug-likeness (QED) is 0.180. The second kappa shape index (κ2) is 13.0. The van der Waals surface area contributed by atoms with Crippen LogP contribution in [0.3, 0.4) is 0 Å². The van der Waals surface area contributed by atoms with Gasteiger partial charge in [-0.15, -0.1) is 0 Å². The number of hydrogen-bond donors (Lipinski definition) is 0. The summed E-state index contributed by atoms with van der Waals surface area (Å²) < 4.78 is 0. The first-order valence-corrected chi connectivity index (χ1v) is 17.2. The number of pyridine rings is 1. The maximum absolute atomic E-state index is 5.27. The number of aromatic nitrogens is 3. The number of aryl methyl sites for hydroxylation is 1. The van der Waals surface area contributed by atoms with E-state index in [9.17, 15) is 0 Å². The third-order valence-electron chi connectivity index (χ3n) is 9.58. The van der Waals surface area contributed by atoms with Gasteiger partial charge in [-0.05, 0) is 104 Å². The molecule has 0 radical (unpaired) electrons. The van der Waals surface area contributed by atoms with Crippen LogP contribution in [-0.4, -0.2) is 15.0 Å². The van der Waals surface area contributed by atoms with E-state index in [-0.39, 0.29) is 0 Å². The van der Waals surface area contributed by atoms with Crippen molar-refractivity contribution >= 4 is 21.5 Å². The summed E-state index contributed by atoms with van der Waals surface area (Å²) in [6.45, 7) is 2.16. The number of fused-ring (bicyclic) bond motifs is 2. The molecular formula is C48H33N3. The lowest BCUT2D eigenvalue weighted by molar-refractivity contribution is 1.18. The minimum Gasteiger partial charge on any atom is -0.264 e. The van der Waals surface area contributed by atoms with Crippen molar-refractivity contribution in [1.82, 2.24) is 15.0 Å². The first-order chi connectivity index (χ1) is 25.1. The monoisotopic (exact) mass is 651 g/mol. The molecule has 0 aliphatic heterocycles. The Bertz CT molecular complexity index is 2690. The molecule has 0 aliphatic rings. The third-order valence-corrected chi connectivity index (χ3v) is 9.58. The molecule has 2 heterocycles. The van der Waals surface area contributed by atoms with Crippen LogP contribution < -0.4 is 0 Å². The van der Waals surface area contributed by atoms with Crippen molar-refractivity contribution in [3.05, 3.63) is 188 Å². The summed E-state index contributed by atoms with van der Waals surface area (Å²) in [6, 6.07) is 60.2. The lowest BCUT2D eigenvalue weighted by Crippen LogP contribution is -1.97. The van der Waals surface area contributed by atoms with E-state index in [1.54, 1.807) is 6.20 Å². The zero-order valence-electron chi connectivity index (χ0n) is 28.2. The summed E-state index contributed by atoms with van der Waals surface area (Å²) in [5.41, 5.74) is 12.9. The lowest BCUT2D eigenvalue weighted by Gasteiger charge is -2.13. The van der Waals surface area contributed by atoms with Crippen molar-refractivity contribution in [3.63, 3.8) is 0 Å². The number of nitrogens with zero attached hydrogens (tertiary/aromatic N) is 3. The van der Waals surface area contributed by atoms with Crippen LogP contribution in [0.2, 0.25) is 0 Å². The first-order valence-electron chi connectivity index (χ1n) is 17.2. The SMILES string of the molecule is Cc1cc(-c2cc(-c3ccc(-c4cccnc4)cc3)nc(-c3cccc(-c4ccc5ccccc5c4)c3)n2)cc(-c2cccc3ccccc23)c1. The van der Waals surface area contributed by atoms with E-state index in [4.69, 9.17) is 9.97 Å². The molecule has 3 nitrogen and oxygen atoms in total. The fourth-order valence-electron chi connectivity index (χ4n) is 7.01. The van der Waals surface area contributed by atoms with Gasteiger partial charge in [0.05, 0.1) is 11.4 Å². The van der Waals surface area contributed by atoms with E-state index in [2.05, 4.69) is 176 Å². The molecule has 9 aromatic rings. The normalized spacial score (nSPS) is 11.2. The van der Waals surface area contributed by atoms with Gasteiger partial charge in [-0.25, -0.2) is 9.97 Å². The van der Waals surface area contributed by atoms with Crippen molar-refractivity contribution in [2.75, 3.05) is 0 Å². The van der Waals surface area contributed by atoms with E-state index in [1.807, 2.05) is 12.3 Å². The van der Waals surface area contributed by atoms with E-state index in [0.29, 0.717) is 5.82 Å². The van der Waals surface area contributed by atoms with E-state index < -0.39 is 0 Å². The average Bonchev–Trinajstić information content (AvgIpc) is 3.20. The second-order valence-corrected chi connectivity index (χ2v) is 13.0. The number of hydrogen-bond acceptors (Lipinski definition) is 3. The van der Waals surface area contributed by atoms with Crippen molar-refractivity contribution in [2.45, 2.75) is 6.92 Å². The molecule has 3 heteroatoms. The molecule has 7 aromatic carbocycles. The molecule has 0 unspecified atom stereocenters. The largest absolute Gasteiger partial charge is 0.264 e. The molecule has 0 N–H and O–H groups in total. The zero-order valence-corrected chi connectivity index (χ0v) is 28.2. The van der Waals surface area contributed by atoms with Crippen molar-refractivity contribution in [3.8, 4) is 67.3 Å². The maximum atomic E-state index is 5.27. The fourth-order valence-corrected chi connectivity index (χ4v) is 7.01. The molecule has 0 bridgehead atoms. The topological polar surface area (TPSA) is 38.7 Å². The first kappa shape index (κ1) is 30.4. The Labute approximate surface area is 297 Å². The van der Waals surface area contributed by atoms with Gasteiger partial charge in [0, 0.05) is 29.1 Å². The maximum Gasteiger partial charge on any atom is 0.160 e. The van der Waals surface area contributed by atoms with Gasteiger partial charge in [0.1, 0.15) is 0 Å². The van der Waals surface area contributed by atoms with Gasteiger partial charge >= 0.3 is 0 Å². The van der Waals surface area contributed by atoms with Crippen molar-refractivity contribution < 1.29 is 0 Å². The van der Waals surface area contributed by atoms with Crippen LogP contribution in [0.25, 0.3) is 88.8 Å². The molecule has 0 atom stereocenters. The molecule has 0 fully saturated rings. The fraction of sp³-hybridized carbons (Fsp3) is 0.0208. The highest BCUT2D eigenvalue weighted by Gasteiger charge is 2.14. The van der Waals surface area contributed by atoms with E-state index in [0.717, 1.165) is 50.3 Å². The van der Waals surface area contributed by atoms with Crippen LogP contribution in [0.4, 0.5) is 0 Å². The Kier molecular flexibility index (Phi) is 7.71. The van der Waals surface area contributed by atoms with Crippen LogP contribution in [0.5, 0.6) is 0 Å². The molecule has 2 aromatic heterocycles.